The lowest BCUT2D eigenvalue weighted by Gasteiger charge is -2.22. The van der Waals surface area contributed by atoms with Crippen LogP contribution in [0.25, 0.3) is 0 Å². The van der Waals surface area contributed by atoms with Crippen molar-refractivity contribution in [3.8, 4) is 0 Å². The van der Waals surface area contributed by atoms with Crippen LogP contribution in [0, 0.1) is 6.92 Å². The minimum Gasteiger partial charge on any atom is -0.307 e. The van der Waals surface area contributed by atoms with Crippen LogP contribution in [0.5, 0.6) is 0 Å². The summed E-state index contributed by atoms with van der Waals surface area (Å²) in [5.74, 6) is 0.604. The molecule has 2 heterocycles. The Labute approximate surface area is 102 Å². The van der Waals surface area contributed by atoms with Crippen molar-refractivity contribution in [3.05, 3.63) is 29.6 Å². The molecule has 1 fully saturated rings. The van der Waals surface area contributed by atoms with Gasteiger partial charge in [0.1, 0.15) is 0 Å². The van der Waals surface area contributed by atoms with Gasteiger partial charge in [0, 0.05) is 18.3 Å². The summed E-state index contributed by atoms with van der Waals surface area (Å²) in [7, 11) is -2.83. The predicted octanol–water partition coefficient (Wildman–Crippen LogP) is 1.06. The first-order chi connectivity index (χ1) is 8.05. The molecule has 94 valence electrons. The van der Waals surface area contributed by atoms with Crippen LogP contribution in [0.4, 0.5) is 0 Å². The van der Waals surface area contributed by atoms with Crippen molar-refractivity contribution in [2.24, 2.45) is 0 Å². The fraction of sp³-hybridized carbons (Fsp3) is 0.583. The van der Waals surface area contributed by atoms with Crippen molar-refractivity contribution in [1.29, 1.82) is 0 Å². The van der Waals surface area contributed by atoms with Crippen molar-refractivity contribution >= 4 is 9.84 Å². The highest BCUT2D eigenvalue weighted by Crippen LogP contribution is 2.12. The Morgan fingerprint density at radius 2 is 2.29 bits per heavy atom. The Hall–Kier alpha value is -0.940. The van der Waals surface area contributed by atoms with Gasteiger partial charge in [-0.15, -0.1) is 0 Å². The summed E-state index contributed by atoms with van der Waals surface area (Å²) in [6.45, 7) is 2.59. The van der Waals surface area contributed by atoms with Gasteiger partial charge in [-0.3, -0.25) is 4.98 Å². The van der Waals surface area contributed by atoms with Gasteiger partial charge in [0.2, 0.25) is 0 Å². The Balaban J connectivity index is 1.90. The molecule has 0 aliphatic carbocycles. The molecule has 0 radical (unpaired) electrons. The van der Waals surface area contributed by atoms with Crippen LogP contribution in [0.3, 0.4) is 0 Å². The van der Waals surface area contributed by atoms with Crippen LogP contribution in [0.1, 0.15) is 24.2 Å². The van der Waals surface area contributed by atoms with Crippen LogP contribution >= 0.6 is 0 Å². The monoisotopic (exact) mass is 254 g/mol. The molecule has 5 heteroatoms. The smallest absolute Gasteiger partial charge is 0.151 e. The number of aromatic nitrogens is 1. The Bertz CT molecular complexity index is 485. The third-order valence-electron chi connectivity index (χ3n) is 2.98. The topological polar surface area (TPSA) is 59.1 Å². The summed E-state index contributed by atoms with van der Waals surface area (Å²) < 4.78 is 22.9. The van der Waals surface area contributed by atoms with Gasteiger partial charge in [-0.2, -0.15) is 0 Å². The average Bonchev–Trinajstić information content (AvgIpc) is 2.25. The molecule has 0 saturated carbocycles. The number of hydrogen-bond acceptors (Lipinski definition) is 4. The molecule has 0 amide bonds. The standard InChI is InChI=1S/C12H18N2O2S/c1-10-4-2-5-11(14-10)8-13-12-6-3-7-17(15,16)9-12/h2,4-5,12-13H,3,6-9H2,1H3. The van der Waals surface area contributed by atoms with E-state index in [4.69, 9.17) is 0 Å². The molecule has 1 aromatic rings. The molecule has 1 unspecified atom stereocenters. The van der Waals surface area contributed by atoms with Gasteiger partial charge in [0.15, 0.2) is 9.84 Å². The first kappa shape index (κ1) is 12.5. The van der Waals surface area contributed by atoms with E-state index in [1.165, 1.54) is 0 Å². The largest absolute Gasteiger partial charge is 0.307 e. The number of rotatable bonds is 3. The summed E-state index contributed by atoms with van der Waals surface area (Å²) in [6.07, 6.45) is 1.70. The molecule has 1 N–H and O–H groups in total. The Morgan fingerprint density at radius 1 is 1.47 bits per heavy atom. The second-order valence-corrected chi connectivity index (χ2v) is 6.83. The van der Waals surface area contributed by atoms with Gasteiger partial charge in [-0.05, 0) is 31.9 Å². The van der Waals surface area contributed by atoms with Crippen LogP contribution in [0.15, 0.2) is 18.2 Å². The SMILES string of the molecule is Cc1cccc(CNC2CCCS(=O)(=O)C2)n1. The van der Waals surface area contributed by atoms with E-state index in [-0.39, 0.29) is 11.8 Å². The number of pyridine rings is 1. The van der Waals surface area contributed by atoms with Crippen molar-refractivity contribution in [1.82, 2.24) is 10.3 Å². The molecule has 0 aromatic carbocycles. The van der Waals surface area contributed by atoms with Gasteiger partial charge >= 0.3 is 0 Å². The molecule has 1 aliphatic rings. The quantitative estimate of drug-likeness (QED) is 0.876. The summed E-state index contributed by atoms with van der Waals surface area (Å²) in [5.41, 5.74) is 1.95. The van der Waals surface area contributed by atoms with E-state index in [1.807, 2.05) is 25.1 Å². The zero-order valence-corrected chi connectivity index (χ0v) is 10.8. The lowest BCUT2D eigenvalue weighted by Crippen LogP contribution is -2.39. The van der Waals surface area contributed by atoms with E-state index in [0.717, 1.165) is 24.2 Å². The molecule has 2 rings (SSSR count). The maximum absolute atomic E-state index is 11.5. The second-order valence-electron chi connectivity index (χ2n) is 4.60. The van der Waals surface area contributed by atoms with Crippen molar-refractivity contribution in [2.45, 2.75) is 32.4 Å². The minimum absolute atomic E-state index is 0.0797. The van der Waals surface area contributed by atoms with E-state index in [9.17, 15) is 8.42 Å². The average molecular weight is 254 g/mol. The van der Waals surface area contributed by atoms with E-state index in [0.29, 0.717) is 12.3 Å². The third kappa shape index (κ3) is 3.78. The van der Waals surface area contributed by atoms with Gasteiger partial charge in [0.05, 0.1) is 17.2 Å². The zero-order chi connectivity index (χ0) is 12.3. The van der Waals surface area contributed by atoms with E-state index < -0.39 is 9.84 Å². The van der Waals surface area contributed by atoms with Gasteiger partial charge in [0.25, 0.3) is 0 Å². The normalized spacial score (nSPS) is 23.5. The van der Waals surface area contributed by atoms with Gasteiger partial charge in [-0.1, -0.05) is 6.07 Å². The van der Waals surface area contributed by atoms with Crippen LogP contribution in [-0.2, 0) is 16.4 Å². The lowest BCUT2D eigenvalue weighted by atomic mass is 10.2. The van der Waals surface area contributed by atoms with Crippen molar-refractivity contribution in [2.75, 3.05) is 11.5 Å². The van der Waals surface area contributed by atoms with E-state index in [2.05, 4.69) is 10.3 Å². The maximum atomic E-state index is 11.5. The predicted molar refractivity (Wildman–Crippen MR) is 67.5 cm³/mol. The number of sulfone groups is 1. The van der Waals surface area contributed by atoms with Crippen molar-refractivity contribution < 1.29 is 8.42 Å². The maximum Gasteiger partial charge on any atom is 0.151 e. The van der Waals surface area contributed by atoms with Crippen LogP contribution in [-0.4, -0.2) is 30.9 Å². The number of hydrogen-bond donors (Lipinski definition) is 1. The first-order valence-electron chi connectivity index (χ1n) is 5.91. The van der Waals surface area contributed by atoms with Gasteiger partial charge < -0.3 is 5.32 Å². The Morgan fingerprint density at radius 3 is 3.00 bits per heavy atom. The molecule has 1 saturated heterocycles. The van der Waals surface area contributed by atoms with Crippen LogP contribution < -0.4 is 5.32 Å². The number of nitrogens with one attached hydrogen (secondary N) is 1. The molecule has 1 aromatic heterocycles. The third-order valence-corrected chi connectivity index (χ3v) is 4.80. The van der Waals surface area contributed by atoms with Crippen molar-refractivity contribution in [3.63, 3.8) is 0 Å². The highest BCUT2D eigenvalue weighted by atomic mass is 32.2. The van der Waals surface area contributed by atoms with Gasteiger partial charge in [-0.25, -0.2) is 8.42 Å². The zero-order valence-electron chi connectivity index (χ0n) is 10.0. The minimum atomic E-state index is -2.83. The highest BCUT2D eigenvalue weighted by Gasteiger charge is 2.24. The van der Waals surface area contributed by atoms with E-state index >= 15 is 0 Å². The molecule has 0 spiro atoms. The first-order valence-corrected chi connectivity index (χ1v) is 7.74. The fourth-order valence-electron chi connectivity index (χ4n) is 2.13. The number of aryl methyl sites for hydroxylation is 1. The highest BCUT2D eigenvalue weighted by molar-refractivity contribution is 7.91. The molecule has 0 bridgehead atoms. The molecule has 17 heavy (non-hydrogen) atoms. The summed E-state index contributed by atoms with van der Waals surface area (Å²) in [4.78, 5) is 4.38. The molecule has 1 atom stereocenters. The molecule has 4 nitrogen and oxygen atoms in total. The molecular weight excluding hydrogens is 236 g/mol. The Kier molecular flexibility index (Phi) is 3.79. The second kappa shape index (κ2) is 5.14. The fourth-order valence-corrected chi connectivity index (χ4v) is 3.80. The lowest BCUT2D eigenvalue weighted by molar-refractivity contribution is 0.477. The molecule has 1 aliphatic heterocycles. The van der Waals surface area contributed by atoms with Crippen LogP contribution in [0.2, 0.25) is 0 Å². The number of nitrogens with zero attached hydrogens (tertiary/aromatic N) is 1. The molecular formula is C12H18N2O2S. The van der Waals surface area contributed by atoms with E-state index in [1.54, 1.807) is 0 Å². The summed E-state index contributed by atoms with van der Waals surface area (Å²) in [6, 6.07) is 5.96. The summed E-state index contributed by atoms with van der Waals surface area (Å²) in [5, 5.41) is 3.28. The summed E-state index contributed by atoms with van der Waals surface area (Å²) >= 11 is 0.